The standard InChI is InChI=1S/C5H5BrN2O/c6-8-5(9)4-2-1-3-7-4/h1-3,7H,(H,8,9). The first-order valence-corrected chi connectivity index (χ1v) is 3.18. The molecule has 0 bridgehead atoms. The van der Waals surface area contributed by atoms with Gasteiger partial charge in [-0.05, 0) is 12.1 Å². The van der Waals surface area contributed by atoms with Crippen molar-refractivity contribution >= 4 is 22.1 Å². The quantitative estimate of drug-likeness (QED) is 0.637. The second kappa shape index (κ2) is 2.68. The van der Waals surface area contributed by atoms with E-state index < -0.39 is 0 Å². The van der Waals surface area contributed by atoms with Crippen LogP contribution in [0.3, 0.4) is 0 Å². The van der Waals surface area contributed by atoms with Crippen molar-refractivity contribution in [1.82, 2.24) is 9.33 Å². The van der Waals surface area contributed by atoms with Crippen LogP contribution in [0.25, 0.3) is 0 Å². The van der Waals surface area contributed by atoms with E-state index in [2.05, 4.69) is 25.5 Å². The fraction of sp³-hybridized carbons (Fsp3) is 0. The van der Waals surface area contributed by atoms with E-state index in [4.69, 9.17) is 0 Å². The maximum atomic E-state index is 10.7. The van der Waals surface area contributed by atoms with Crippen LogP contribution in [-0.2, 0) is 0 Å². The first kappa shape index (κ1) is 6.35. The molecule has 0 aliphatic heterocycles. The summed E-state index contributed by atoms with van der Waals surface area (Å²) in [6.45, 7) is 0. The van der Waals surface area contributed by atoms with E-state index in [0.717, 1.165) is 0 Å². The number of carbonyl (C=O) groups is 1. The molecule has 9 heavy (non-hydrogen) atoms. The van der Waals surface area contributed by atoms with Gasteiger partial charge in [0, 0.05) is 22.3 Å². The van der Waals surface area contributed by atoms with Gasteiger partial charge in [0.15, 0.2) is 0 Å². The SMILES string of the molecule is O=C(NBr)c1ccc[nH]1. The molecule has 1 aromatic rings. The lowest BCUT2D eigenvalue weighted by Crippen LogP contribution is -2.11. The fourth-order valence-electron chi connectivity index (χ4n) is 0.522. The van der Waals surface area contributed by atoms with Crippen LogP contribution < -0.4 is 4.34 Å². The Morgan fingerprint density at radius 3 is 3.00 bits per heavy atom. The fourth-order valence-corrected chi connectivity index (χ4v) is 0.736. The zero-order chi connectivity index (χ0) is 6.69. The van der Waals surface area contributed by atoms with Crippen molar-refractivity contribution in [1.29, 1.82) is 0 Å². The first-order valence-electron chi connectivity index (χ1n) is 2.39. The van der Waals surface area contributed by atoms with Crippen LogP contribution in [0.4, 0.5) is 0 Å². The number of halogens is 1. The van der Waals surface area contributed by atoms with E-state index in [1.165, 1.54) is 0 Å². The van der Waals surface area contributed by atoms with Crippen LogP contribution in [0.15, 0.2) is 18.3 Å². The van der Waals surface area contributed by atoms with Crippen molar-refractivity contribution < 1.29 is 4.79 Å². The van der Waals surface area contributed by atoms with Crippen molar-refractivity contribution in [3.8, 4) is 0 Å². The smallest absolute Gasteiger partial charge is 0.277 e. The van der Waals surface area contributed by atoms with Gasteiger partial charge >= 0.3 is 0 Å². The predicted octanol–water partition coefficient (Wildman–Crippen LogP) is 1.05. The molecule has 0 spiro atoms. The van der Waals surface area contributed by atoms with Crippen LogP contribution in [0.2, 0.25) is 0 Å². The molecule has 48 valence electrons. The molecule has 0 saturated carbocycles. The van der Waals surface area contributed by atoms with Crippen molar-refractivity contribution in [3.05, 3.63) is 24.0 Å². The minimum atomic E-state index is -0.167. The zero-order valence-corrected chi connectivity index (χ0v) is 6.10. The Labute approximate surface area is 60.8 Å². The van der Waals surface area contributed by atoms with E-state index in [1.54, 1.807) is 18.3 Å². The highest BCUT2D eigenvalue weighted by atomic mass is 79.9. The number of carbonyl (C=O) groups excluding carboxylic acids is 1. The third kappa shape index (κ3) is 1.32. The molecule has 0 atom stereocenters. The minimum absolute atomic E-state index is 0.167. The van der Waals surface area contributed by atoms with Crippen LogP contribution in [0.1, 0.15) is 10.5 Å². The van der Waals surface area contributed by atoms with E-state index in [9.17, 15) is 4.79 Å². The lowest BCUT2D eigenvalue weighted by Gasteiger charge is -1.89. The topological polar surface area (TPSA) is 44.9 Å². The van der Waals surface area contributed by atoms with Crippen LogP contribution in [-0.4, -0.2) is 10.9 Å². The maximum absolute atomic E-state index is 10.7. The number of hydrogen-bond donors (Lipinski definition) is 2. The van der Waals surface area contributed by atoms with Gasteiger partial charge in [0.05, 0.1) is 0 Å². The van der Waals surface area contributed by atoms with Gasteiger partial charge in [-0.1, -0.05) is 0 Å². The predicted molar refractivity (Wildman–Crippen MR) is 37.2 cm³/mol. The summed E-state index contributed by atoms with van der Waals surface area (Å²) in [6.07, 6.45) is 1.69. The highest BCUT2D eigenvalue weighted by molar-refractivity contribution is 9.08. The number of amides is 1. The molecule has 4 heteroatoms. The first-order chi connectivity index (χ1) is 4.34. The summed E-state index contributed by atoms with van der Waals surface area (Å²) in [7, 11) is 0. The van der Waals surface area contributed by atoms with Crippen molar-refractivity contribution in [2.75, 3.05) is 0 Å². The second-order valence-electron chi connectivity index (χ2n) is 1.51. The van der Waals surface area contributed by atoms with Gasteiger partial charge in [-0.25, -0.2) is 0 Å². The third-order valence-corrected chi connectivity index (χ3v) is 1.29. The molecular formula is C5H5BrN2O. The minimum Gasteiger partial charge on any atom is -0.357 e. The molecule has 1 aromatic heterocycles. The van der Waals surface area contributed by atoms with Gasteiger partial charge < -0.3 is 4.98 Å². The Balaban J connectivity index is 2.77. The molecule has 0 aliphatic carbocycles. The number of aromatic nitrogens is 1. The highest BCUT2D eigenvalue weighted by Gasteiger charge is 2.00. The molecule has 0 unspecified atom stereocenters. The van der Waals surface area contributed by atoms with Crippen molar-refractivity contribution in [2.45, 2.75) is 0 Å². The normalized spacial score (nSPS) is 9.00. The number of H-pyrrole nitrogens is 1. The third-order valence-electron chi connectivity index (χ3n) is 0.928. The maximum Gasteiger partial charge on any atom is 0.277 e. The van der Waals surface area contributed by atoms with Gasteiger partial charge in [-0.3, -0.25) is 9.14 Å². The summed E-state index contributed by atoms with van der Waals surface area (Å²) in [5.41, 5.74) is 0.548. The summed E-state index contributed by atoms with van der Waals surface area (Å²) in [6, 6.07) is 3.45. The second-order valence-corrected chi connectivity index (χ2v) is 1.90. The van der Waals surface area contributed by atoms with Crippen molar-refractivity contribution in [2.24, 2.45) is 0 Å². The molecule has 1 rings (SSSR count). The number of hydrogen-bond acceptors (Lipinski definition) is 1. The van der Waals surface area contributed by atoms with Gasteiger partial charge in [0.1, 0.15) is 5.69 Å². The summed E-state index contributed by atoms with van der Waals surface area (Å²) in [5.74, 6) is -0.167. The molecule has 0 aliphatic rings. The highest BCUT2D eigenvalue weighted by Crippen LogP contribution is 1.93. The Bertz CT molecular complexity index is 195. The van der Waals surface area contributed by atoms with E-state index >= 15 is 0 Å². The Hall–Kier alpha value is -0.770. The number of aromatic amines is 1. The summed E-state index contributed by atoms with van der Waals surface area (Å²) in [4.78, 5) is 13.4. The molecule has 0 radical (unpaired) electrons. The molecular weight excluding hydrogens is 184 g/mol. The van der Waals surface area contributed by atoms with Gasteiger partial charge in [-0.2, -0.15) is 0 Å². The molecule has 0 aromatic carbocycles. The summed E-state index contributed by atoms with van der Waals surface area (Å²) < 4.78 is 2.31. The van der Waals surface area contributed by atoms with E-state index in [0.29, 0.717) is 5.69 Å². The van der Waals surface area contributed by atoms with Crippen LogP contribution >= 0.6 is 16.1 Å². The van der Waals surface area contributed by atoms with Gasteiger partial charge in [-0.15, -0.1) is 0 Å². The molecule has 1 heterocycles. The Kier molecular flexibility index (Phi) is 1.89. The lowest BCUT2D eigenvalue weighted by atomic mass is 10.4. The molecule has 2 N–H and O–H groups in total. The summed E-state index contributed by atoms with van der Waals surface area (Å²) in [5, 5.41) is 0. The van der Waals surface area contributed by atoms with Crippen LogP contribution in [0.5, 0.6) is 0 Å². The molecule has 1 amide bonds. The average molecular weight is 189 g/mol. The van der Waals surface area contributed by atoms with E-state index in [-0.39, 0.29) is 5.91 Å². The lowest BCUT2D eigenvalue weighted by molar-refractivity contribution is 0.0982. The molecule has 0 saturated heterocycles. The number of nitrogens with one attached hydrogen (secondary N) is 2. The number of rotatable bonds is 1. The van der Waals surface area contributed by atoms with E-state index in [1.807, 2.05) is 0 Å². The summed E-state index contributed by atoms with van der Waals surface area (Å²) >= 11 is 2.82. The zero-order valence-electron chi connectivity index (χ0n) is 4.52. The van der Waals surface area contributed by atoms with Crippen LogP contribution in [0, 0.1) is 0 Å². The van der Waals surface area contributed by atoms with Gasteiger partial charge in [0.2, 0.25) is 0 Å². The van der Waals surface area contributed by atoms with Crippen molar-refractivity contribution in [3.63, 3.8) is 0 Å². The average Bonchev–Trinajstić information content (AvgIpc) is 2.37. The Morgan fingerprint density at radius 2 is 2.56 bits per heavy atom. The largest absolute Gasteiger partial charge is 0.357 e. The monoisotopic (exact) mass is 188 g/mol. The molecule has 3 nitrogen and oxygen atoms in total. The van der Waals surface area contributed by atoms with Gasteiger partial charge in [0.25, 0.3) is 5.91 Å². The molecule has 0 fully saturated rings. The Morgan fingerprint density at radius 1 is 1.78 bits per heavy atom.